The number of benzene rings is 1. The Balaban J connectivity index is 2.06. The maximum atomic E-state index is 12.3. The molecule has 1 saturated heterocycles. The van der Waals surface area contributed by atoms with Gasteiger partial charge in [-0.1, -0.05) is 0 Å². The van der Waals surface area contributed by atoms with E-state index in [1.807, 2.05) is 0 Å². The standard InChI is InChI=1S/C14H18N2O5S/c1-15-13(17)10-21-14(18)11-4-6-12(7-5-11)22(19,20)16-8-2-3-9-16/h4-7H,2-3,8-10H2,1H3,(H,15,17). The molecule has 0 spiro atoms. The molecule has 0 saturated carbocycles. The third kappa shape index (κ3) is 3.63. The minimum Gasteiger partial charge on any atom is -0.452 e. The zero-order chi connectivity index (χ0) is 16.2. The smallest absolute Gasteiger partial charge is 0.338 e. The quantitative estimate of drug-likeness (QED) is 0.789. The van der Waals surface area contributed by atoms with Crippen LogP contribution in [-0.2, 0) is 19.6 Å². The molecular formula is C14H18N2O5S. The van der Waals surface area contributed by atoms with Crippen LogP contribution in [0.4, 0.5) is 0 Å². The molecule has 1 heterocycles. The van der Waals surface area contributed by atoms with Crippen LogP contribution in [0.25, 0.3) is 0 Å². The van der Waals surface area contributed by atoms with Crippen LogP contribution in [-0.4, -0.2) is 51.3 Å². The van der Waals surface area contributed by atoms with Gasteiger partial charge < -0.3 is 10.1 Å². The second-order valence-electron chi connectivity index (χ2n) is 4.88. The van der Waals surface area contributed by atoms with Crippen LogP contribution in [0.2, 0.25) is 0 Å². The van der Waals surface area contributed by atoms with Gasteiger partial charge in [-0.3, -0.25) is 4.79 Å². The molecule has 2 rings (SSSR count). The summed E-state index contributed by atoms with van der Waals surface area (Å²) < 4.78 is 30.9. The highest BCUT2D eigenvalue weighted by Gasteiger charge is 2.27. The highest BCUT2D eigenvalue weighted by Crippen LogP contribution is 2.21. The van der Waals surface area contributed by atoms with E-state index in [-0.39, 0.29) is 17.1 Å². The van der Waals surface area contributed by atoms with Gasteiger partial charge in [0.15, 0.2) is 6.61 Å². The summed E-state index contributed by atoms with van der Waals surface area (Å²) in [5.41, 5.74) is 0.198. The first-order valence-corrected chi connectivity index (χ1v) is 8.37. The molecule has 1 aliphatic heterocycles. The van der Waals surface area contributed by atoms with E-state index in [0.717, 1.165) is 12.8 Å². The van der Waals surface area contributed by atoms with Gasteiger partial charge in [-0.15, -0.1) is 0 Å². The monoisotopic (exact) mass is 326 g/mol. The Bertz CT molecular complexity index is 648. The van der Waals surface area contributed by atoms with Gasteiger partial charge in [0.1, 0.15) is 0 Å². The summed E-state index contributed by atoms with van der Waals surface area (Å²) in [5.74, 6) is -1.09. The Morgan fingerprint density at radius 2 is 1.77 bits per heavy atom. The van der Waals surface area contributed by atoms with Crippen molar-refractivity contribution in [1.29, 1.82) is 0 Å². The number of sulfonamides is 1. The van der Waals surface area contributed by atoms with Gasteiger partial charge in [0.2, 0.25) is 10.0 Å². The van der Waals surface area contributed by atoms with Gasteiger partial charge in [-0.25, -0.2) is 13.2 Å². The minimum absolute atomic E-state index is 0.150. The largest absolute Gasteiger partial charge is 0.452 e. The first-order valence-electron chi connectivity index (χ1n) is 6.93. The number of nitrogens with one attached hydrogen (secondary N) is 1. The lowest BCUT2D eigenvalue weighted by atomic mass is 10.2. The minimum atomic E-state index is -3.49. The predicted octanol–water partition coefficient (Wildman–Crippen LogP) is 0.374. The fraction of sp³-hybridized carbons (Fsp3) is 0.429. The number of hydrogen-bond acceptors (Lipinski definition) is 5. The molecule has 8 heteroatoms. The zero-order valence-corrected chi connectivity index (χ0v) is 13.1. The molecule has 0 aromatic heterocycles. The Kier molecular flexibility index (Phi) is 5.15. The Morgan fingerprint density at radius 1 is 1.18 bits per heavy atom. The summed E-state index contributed by atoms with van der Waals surface area (Å²) >= 11 is 0. The number of likely N-dealkylation sites (N-methyl/N-ethyl adjacent to an activating group) is 1. The van der Waals surface area contributed by atoms with Gasteiger partial charge in [-0.05, 0) is 37.1 Å². The fourth-order valence-electron chi connectivity index (χ4n) is 2.13. The fourth-order valence-corrected chi connectivity index (χ4v) is 3.64. The number of rotatable bonds is 5. The van der Waals surface area contributed by atoms with Crippen molar-refractivity contribution in [2.24, 2.45) is 0 Å². The normalized spacial score (nSPS) is 15.5. The number of hydrogen-bond donors (Lipinski definition) is 1. The van der Waals surface area contributed by atoms with Crippen LogP contribution in [0.15, 0.2) is 29.2 Å². The molecule has 0 bridgehead atoms. The molecular weight excluding hydrogens is 308 g/mol. The topological polar surface area (TPSA) is 92.8 Å². The lowest BCUT2D eigenvalue weighted by molar-refractivity contribution is -0.123. The Labute approximate surface area is 129 Å². The summed E-state index contributed by atoms with van der Waals surface area (Å²) in [6.07, 6.45) is 1.73. The van der Waals surface area contributed by atoms with Crippen molar-refractivity contribution in [1.82, 2.24) is 9.62 Å². The number of amides is 1. The molecule has 1 amide bonds. The SMILES string of the molecule is CNC(=O)COC(=O)c1ccc(S(=O)(=O)N2CCCC2)cc1. The van der Waals surface area contributed by atoms with Crippen molar-refractivity contribution in [2.45, 2.75) is 17.7 Å². The molecule has 0 atom stereocenters. The molecule has 1 aromatic rings. The highest BCUT2D eigenvalue weighted by molar-refractivity contribution is 7.89. The molecule has 1 N–H and O–H groups in total. The molecule has 22 heavy (non-hydrogen) atoms. The average Bonchev–Trinajstić information content (AvgIpc) is 3.07. The molecule has 120 valence electrons. The van der Waals surface area contributed by atoms with Gasteiger partial charge in [-0.2, -0.15) is 4.31 Å². The van der Waals surface area contributed by atoms with Crippen LogP contribution < -0.4 is 5.32 Å². The van der Waals surface area contributed by atoms with Crippen LogP contribution in [0.5, 0.6) is 0 Å². The van der Waals surface area contributed by atoms with Gasteiger partial charge in [0.05, 0.1) is 10.5 Å². The molecule has 1 fully saturated rings. The molecule has 0 unspecified atom stereocenters. The molecule has 0 aliphatic carbocycles. The third-order valence-corrected chi connectivity index (χ3v) is 5.32. The first kappa shape index (κ1) is 16.4. The third-order valence-electron chi connectivity index (χ3n) is 3.41. The maximum Gasteiger partial charge on any atom is 0.338 e. The zero-order valence-electron chi connectivity index (χ0n) is 12.2. The highest BCUT2D eigenvalue weighted by atomic mass is 32.2. The van der Waals surface area contributed by atoms with Gasteiger partial charge >= 0.3 is 5.97 Å². The Morgan fingerprint density at radius 3 is 2.32 bits per heavy atom. The van der Waals surface area contributed by atoms with Crippen molar-refractivity contribution in [3.05, 3.63) is 29.8 Å². The lowest BCUT2D eigenvalue weighted by Crippen LogP contribution is -2.28. The Hall–Kier alpha value is -1.93. The van der Waals surface area contributed by atoms with Gasteiger partial charge in [0, 0.05) is 20.1 Å². The molecule has 1 aromatic carbocycles. The molecule has 0 radical (unpaired) electrons. The maximum absolute atomic E-state index is 12.3. The lowest BCUT2D eigenvalue weighted by Gasteiger charge is -2.15. The summed E-state index contributed by atoms with van der Waals surface area (Å²) in [6.45, 7) is 0.680. The summed E-state index contributed by atoms with van der Waals surface area (Å²) in [6, 6.07) is 5.53. The second-order valence-corrected chi connectivity index (χ2v) is 6.82. The summed E-state index contributed by atoms with van der Waals surface area (Å²) in [7, 11) is -2.06. The van der Waals surface area contributed by atoms with Crippen molar-refractivity contribution in [3.8, 4) is 0 Å². The van der Waals surface area contributed by atoms with Crippen LogP contribution in [0, 0.1) is 0 Å². The number of nitrogens with zero attached hydrogens (tertiary/aromatic N) is 1. The van der Waals surface area contributed by atoms with E-state index < -0.39 is 21.9 Å². The van der Waals surface area contributed by atoms with E-state index in [0.29, 0.717) is 13.1 Å². The van der Waals surface area contributed by atoms with E-state index in [9.17, 15) is 18.0 Å². The van der Waals surface area contributed by atoms with Gasteiger partial charge in [0.25, 0.3) is 5.91 Å². The number of carbonyl (C=O) groups excluding carboxylic acids is 2. The predicted molar refractivity (Wildman–Crippen MR) is 78.8 cm³/mol. The number of carbonyl (C=O) groups is 2. The summed E-state index contributed by atoms with van der Waals surface area (Å²) in [5, 5.41) is 2.33. The van der Waals surface area contributed by atoms with E-state index >= 15 is 0 Å². The summed E-state index contributed by atoms with van der Waals surface area (Å²) in [4.78, 5) is 22.9. The van der Waals surface area contributed by atoms with Crippen LogP contribution in [0.1, 0.15) is 23.2 Å². The van der Waals surface area contributed by atoms with Crippen molar-refractivity contribution in [2.75, 3.05) is 26.7 Å². The average molecular weight is 326 g/mol. The van der Waals surface area contributed by atoms with Crippen molar-refractivity contribution in [3.63, 3.8) is 0 Å². The molecule has 1 aliphatic rings. The van der Waals surface area contributed by atoms with E-state index in [4.69, 9.17) is 4.74 Å². The first-order chi connectivity index (χ1) is 10.4. The van der Waals surface area contributed by atoms with Crippen molar-refractivity contribution >= 4 is 21.9 Å². The van der Waals surface area contributed by atoms with Crippen molar-refractivity contribution < 1.29 is 22.7 Å². The number of ether oxygens (including phenoxy) is 1. The molecule has 7 nitrogen and oxygen atoms in total. The second kappa shape index (κ2) is 6.89. The van der Waals surface area contributed by atoms with E-state index in [1.54, 1.807) is 0 Å². The van der Waals surface area contributed by atoms with E-state index in [2.05, 4.69) is 5.32 Å². The number of esters is 1. The van der Waals surface area contributed by atoms with Crippen LogP contribution in [0.3, 0.4) is 0 Å². The van der Waals surface area contributed by atoms with E-state index in [1.165, 1.54) is 35.6 Å². The van der Waals surface area contributed by atoms with Crippen LogP contribution >= 0.6 is 0 Å².